The van der Waals surface area contributed by atoms with E-state index in [1.165, 1.54) is 31.3 Å². The van der Waals surface area contributed by atoms with Gasteiger partial charge >= 0.3 is 6.18 Å². The fourth-order valence-corrected chi connectivity index (χ4v) is 5.16. The lowest BCUT2D eigenvalue weighted by molar-refractivity contribution is -0.137. The van der Waals surface area contributed by atoms with Crippen LogP contribution in [0.2, 0.25) is 0 Å². The Bertz CT molecular complexity index is 1370. The van der Waals surface area contributed by atoms with Crippen molar-refractivity contribution in [1.29, 1.82) is 0 Å². The fourth-order valence-electron chi connectivity index (χ4n) is 3.97. The zero-order valence-electron chi connectivity index (χ0n) is 21.2. The number of benzene rings is 3. The number of para-hydroxylation sites is 1. The molecular weight excluding hydrogens is 531 g/mol. The average Bonchev–Trinajstić information content (AvgIpc) is 3.20. The summed E-state index contributed by atoms with van der Waals surface area (Å²) < 4.78 is 50.4. The molecule has 11 heteroatoms. The van der Waals surface area contributed by atoms with E-state index in [-0.39, 0.29) is 35.6 Å². The number of carbonyl (C=O) groups excluding carboxylic acids is 2. The van der Waals surface area contributed by atoms with Crippen LogP contribution in [0, 0.1) is 0 Å². The number of amides is 2. The number of alkyl halides is 3. The summed E-state index contributed by atoms with van der Waals surface area (Å²) in [6.07, 6.45) is -4.23. The number of thioether (sulfide) groups is 1. The maximum absolute atomic E-state index is 13.4. The summed E-state index contributed by atoms with van der Waals surface area (Å²) in [5.41, 5.74) is 0.676. The number of carbonyl (C=O) groups is 2. The molecule has 2 amide bonds. The minimum atomic E-state index is -4.53. The highest BCUT2D eigenvalue weighted by atomic mass is 32.2. The zero-order chi connectivity index (χ0) is 28.0. The van der Waals surface area contributed by atoms with Crippen molar-refractivity contribution in [1.82, 2.24) is 4.90 Å². The molecule has 0 bridgehead atoms. The van der Waals surface area contributed by atoms with Crippen LogP contribution in [-0.4, -0.2) is 47.9 Å². The first-order valence-corrected chi connectivity index (χ1v) is 12.9. The number of halogens is 3. The number of amidine groups is 1. The van der Waals surface area contributed by atoms with Crippen molar-refractivity contribution in [3.05, 3.63) is 83.9 Å². The van der Waals surface area contributed by atoms with Crippen LogP contribution < -0.4 is 14.8 Å². The third-order valence-corrected chi connectivity index (χ3v) is 7.09. The summed E-state index contributed by atoms with van der Waals surface area (Å²) >= 11 is 1.06. The second-order valence-electron chi connectivity index (χ2n) is 8.60. The molecule has 0 saturated carbocycles. The van der Waals surface area contributed by atoms with Crippen LogP contribution in [0.15, 0.2) is 77.8 Å². The number of aliphatic imine (C=N–C) groups is 1. The molecule has 3 aromatic rings. The van der Waals surface area contributed by atoms with Crippen molar-refractivity contribution in [2.75, 3.05) is 26.1 Å². The highest BCUT2D eigenvalue weighted by Crippen LogP contribution is 2.35. The molecule has 7 nitrogen and oxygen atoms in total. The van der Waals surface area contributed by atoms with Crippen molar-refractivity contribution < 1.29 is 32.2 Å². The van der Waals surface area contributed by atoms with Gasteiger partial charge in [0.15, 0.2) is 16.7 Å². The average molecular weight is 558 g/mol. The van der Waals surface area contributed by atoms with Gasteiger partial charge in [0.05, 0.1) is 25.5 Å². The van der Waals surface area contributed by atoms with Gasteiger partial charge in [-0.2, -0.15) is 13.2 Å². The molecule has 39 heavy (non-hydrogen) atoms. The molecule has 4 rings (SSSR count). The van der Waals surface area contributed by atoms with E-state index < -0.39 is 17.0 Å². The highest BCUT2D eigenvalue weighted by Gasteiger charge is 2.39. The van der Waals surface area contributed by atoms with E-state index in [0.29, 0.717) is 23.6 Å². The Balaban J connectivity index is 1.57. The smallest absolute Gasteiger partial charge is 0.416 e. The minimum absolute atomic E-state index is 0.0608. The first-order valence-electron chi connectivity index (χ1n) is 12.0. The Morgan fingerprint density at radius 2 is 1.74 bits per heavy atom. The van der Waals surface area contributed by atoms with Crippen molar-refractivity contribution >= 4 is 40.1 Å². The number of methoxy groups -OCH3 is 2. The number of nitrogens with one attached hydrogen (secondary N) is 1. The SMILES string of the molecule is COc1ccc(CCN2C(=O)[C@H](CC(=O)Nc3ccccc3)SC2=Nc2cccc(C(F)(F)F)c2)cc1OC. The van der Waals surface area contributed by atoms with Crippen LogP contribution in [0.1, 0.15) is 17.5 Å². The van der Waals surface area contributed by atoms with Crippen LogP contribution in [-0.2, 0) is 22.2 Å². The van der Waals surface area contributed by atoms with Gasteiger partial charge < -0.3 is 14.8 Å². The molecule has 0 aliphatic carbocycles. The van der Waals surface area contributed by atoms with Gasteiger partial charge in [-0.05, 0) is 54.4 Å². The van der Waals surface area contributed by atoms with Crippen molar-refractivity contribution in [3.8, 4) is 11.5 Å². The molecule has 3 aromatic carbocycles. The number of nitrogens with zero attached hydrogens (tertiary/aromatic N) is 2. The van der Waals surface area contributed by atoms with Gasteiger partial charge in [-0.25, -0.2) is 4.99 Å². The molecule has 204 valence electrons. The number of hydrogen-bond donors (Lipinski definition) is 1. The van der Waals surface area contributed by atoms with Crippen molar-refractivity contribution in [3.63, 3.8) is 0 Å². The fraction of sp³-hybridized carbons (Fsp3) is 0.250. The molecule has 0 spiro atoms. The van der Waals surface area contributed by atoms with Gasteiger partial charge in [-0.1, -0.05) is 42.1 Å². The van der Waals surface area contributed by atoms with E-state index in [1.807, 2.05) is 12.1 Å². The molecule has 1 N–H and O–H groups in total. The Kier molecular flexibility index (Phi) is 8.80. The van der Waals surface area contributed by atoms with Crippen LogP contribution >= 0.6 is 11.8 Å². The van der Waals surface area contributed by atoms with Crippen LogP contribution in [0.5, 0.6) is 11.5 Å². The monoisotopic (exact) mass is 557 g/mol. The quantitative estimate of drug-likeness (QED) is 0.353. The molecule has 0 unspecified atom stereocenters. The minimum Gasteiger partial charge on any atom is -0.493 e. The molecule has 1 aliphatic rings. The molecule has 0 radical (unpaired) electrons. The van der Waals surface area contributed by atoms with Gasteiger partial charge in [0, 0.05) is 18.7 Å². The Labute approximate surface area is 228 Å². The van der Waals surface area contributed by atoms with Crippen molar-refractivity contribution in [2.45, 2.75) is 24.3 Å². The number of anilines is 1. The van der Waals surface area contributed by atoms with E-state index in [2.05, 4.69) is 10.3 Å². The lowest BCUT2D eigenvalue weighted by atomic mass is 10.1. The molecule has 1 aliphatic heterocycles. The second kappa shape index (κ2) is 12.2. The molecule has 1 saturated heterocycles. The summed E-state index contributed by atoms with van der Waals surface area (Å²) in [4.78, 5) is 31.9. The summed E-state index contributed by atoms with van der Waals surface area (Å²) in [7, 11) is 3.05. The lowest BCUT2D eigenvalue weighted by Gasteiger charge is -2.17. The largest absolute Gasteiger partial charge is 0.493 e. The van der Waals surface area contributed by atoms with Crippen LogP contribution in [0.4, 0.5) is 24.5 Å². The molecule has 1 fully saturated rings. The van der Waals surface area contributed by atoms with Gasteiger partial charge in [0.1, 0.15) is 5.25 Å². The van der Waals surface area contributed by atoms with Gasteiger partial charge in [0.2, 0.25) is 11.8 Å². The topological polar surface area (TPSA) is 80.2 Å². The number of ether oxygens (including phenoxy) is 2. The zero-order valence-corrected chi connectivity index (χ0v) is 22.0. The third-order valence-electron chi connectivity index (χ3n) is 5.92. The third kappa shape index (κ3) is 7.11. The Morgan fingerprint density at radius 3 is 2.44 bits per heavy atom. The standard InChI is InChI=1S/C28H26F3N3O4S/c1-37-22-12-11-18(15-23(22)38-2)13-14-34-26(36)24(17-25(35)32-20-8-4-3-5-9-20)39-27(34)33-21-10-6-7-19(16-21)28(29,30)31/h3-12,15-16,24H,13-14,17H2,1-2H3,(H,32,35)/t24-/m0/s1. The maximum Gasteiger partial charge on any atom is 0.416 e. The lowest BCUT2D eigenvalue weighted by Crippen LogP contribution is -2.35. The van der Waals surface area contributed by atoms with E-state index in [9.17, 15) is 22.8 Å². The number of hydrogen-bond acceptors (Lipinski definition) is 6. The normalized spacial score (nSPS) is 16.4. The second-order valence-corrected chi connectivity index (χ2v) is 9.77. The van der Waals surface area contributed by atoms with Crippen LogP contribution in [0.25, 0.3) is 0 Å². The highest BCUT2D eigenvalue weighted by molar-refractivity contribution is 8.15. The van der Waals surface area contributed by atoms with E-state index in [4.69, 9.17) is 9.47 Å². The van der Waals surface area contributed by atoms with Gasteiger partial charge in [0.25, 0.3) is 0 Å². The summed E-state index contributed by atoms with van der Waals surface area (Å²) in [6.45, 7) is 0.204. The molecule has 0 aromatic heterocycles. The predicted octanol–water partition coefficient (Wildman–Crippen LogP) is 5.93. The predicted molar refractivity (Wildman–Crippen MR) is 145 cm³/mol. The summed E-state index contributed by atoms with van der Waals surface area (Å²) in [6, 6.07) is 18.8. The molecule has 1 heterocycles. The van der Waals surface area contributed by atoms with Gasteiger partial charge in [-0.15, -0.1) is 0 Å². The summed E-state index contributed by atoms with van der Waals surface area (Å²) in [5.74, 6) is 0.400. The first kappa shape index (κ1) is 28.0. The van der Waals surface area contributed by atoms with E-state index in [0.717, 1.165) is 29.5 Å². The first-order chi connectivity index (χ1) is 18.7. The molecule has 1 atom stereocenters. The van der Waals surface area contributed by atoms with Gasteiger partial charge in [-0.3, -0.25) is 14.5 Å². The molecular formula is C28H26F3N3O4S. The van der Waals surface area contributed by atoms with Crippen LogP contribution in [0.3, 0.4) is 0 Å². The summed E-state index contributed by atoms with van der Waals surface area (Å²) in [5, 5.41) is 2.22. The Hall–Kier alpha value is -3.99. The van der Waals surface area contributed by atoms with Crippen molar-refractivity contribution in [2.24, 2.45) is 4.99 Å². The Morgan fingerprint density at radius 1 is 1.00 bits per heavy atom. The van der Waals surface area contributed by atoms with E-state index >= 15 is 0 Å². The number of rotatable bonds is 9. The van der Waals surface area contributed by atoms with E-state index in [1.54, 1.807) is 36.4 Å². The maximum atomic E-state index is 13.4.